The van der Waals surface area contributed by atoms with Gasteiger partial charge in [-0.1, -0.05) is 41.5 Å². The number of ether oxygens (including phenoxy) is 1. The Kier molecular flexibility index (Phi) is 3.77. The zero-order valence-electron chi connectivity index (χ0n) is 9.69. The highest BCUT2D eigenvalue weighted by Gasteiger charge is 2.35. The Hall–Kier alpha value is -0.0400. The van der Waals surface area contributed by atoms with E-state index in [0.717, 1.165) is 6.61 Å². The van der Waals surface area contributed by atoms with E-state index in [2.05, 4.69) is 48.5 Å². The highest BCUT2D eigenvalue weighted by Crippen LogP contribution is 2.35. The van der Waals surface area contributed by atoms with Gasteiger partial charge in [-0.25, -0.2) is 0 Å². The standard InChI is InChI=1S/C11H24O/c1-8-12-9(10(2,3)4)11(5,6)7/h9H,8H2,1-7H3. The average Bonchev–Trinajstić information content (AvgIpc) is 1.77. The van der Waals surface area contributed by atoms with E-state index in [0.29, 0.717) is 6.10 Å². The molecule has 0 fully saturated rings. The monoisotopic (exact) mass is 172 g/mol. The van der Waals surface area contributed by atoms with E-state index in [9.17, 15) is 0 Å². The van der Waals surface area contributed by atoms with Gasteiger partial charge in [0, 0.05) is 6.61 Å². The largest absolute Gasteiger partial charge is 0.377 e. The van der Waals surface area contributed by atoms with Crippen LogP contribution in [0.1, 0.15) is 48.5 Å². The van der Waals surface area contributed by atoms with Crippen LogP contribution < -0.4 is 0 Å². The van der Waals surface area contributed by atoms with Gasteiger partial charge in [0.1, 0.15) is 0 Å². The van der Waals surface area contributed by atoms with Crippen molar-refractivity contribution < 1.29 is 4.74 Å². The van der Waals surface area contributed by atoms with Crippen molar-refractivity contribution in [1.29, 1.82) is 0 Å². The molecule has 1 nitrogen and oxygen atoms in total. The molecule has 0 N–H and O–H groups in total. The van der Waals surface area contributed by atoms with Crippen LogP contribution in [-0.2, 0) is 4.74 Å². The Morgan fingerprint density at radius 3 is 1.33 bits per heavy atom. The molecule has 0 radical (unpaired) electrons. The Bertz CT molecular complexity index is 111. The molecule has 0 bridgehead atoms. The fourth-order valence-electron chi connectivity index (χ4n) is 1.97. The lowest BCUT2D eigenvalue weighted by Crippen LogP contribution is -2.40. The molecule has 0 amide bonds. The molecule has 0 aliphatic rings. The molecule has 0 atom stereocenters. The summed E-state index contributed by atoms with van der Waals surface area (Å²) in [5.41, 5.74) is 0.461. The van der Waals surface area contributed by atoms with Crippen molar-refractivity contribution in [3.05, 3.63) is 0 Å². The average molecular weight is 172 g/mol. The highest BCUT2D eigenvalue weighted by atomic mass is 16.5. The van der Waals surface area contributed by atoms with E-state index in [4.69, 9.17) is 4.74 Å². The molecule has 0 spiro atoms. The summed E-state index contributed by atoms with van der Waals surface area (Å²) in [6, 6.07) is 0. The van der Waals surface area contributed by atoms with Crippen molar-refractivity contribution in [2.75, 3.05) is 6.61 Å². The third-order valence-corrected chi connectivity index (χ3v) is 1.91. The predicted molar refractivity (Wildman–Crippen MR) is 54.3 cm³/mol. The molecule has 0 aliphatic heterocycles. The first-order valence-corrected chi connectivity index (χ1v) is 4.81. The summed E-state index contributed by atoms with van der Waals surface area (Å²) in [6.45, 7) is 16.3. The molecule has 0 aromatic rings. The van der Waals surface area contributed by atoms with Gasteiger partial charge in [-0.3, -0.25) is 0 Å². The Morgan fingerprint density at radius 1 is 0.917 bits per heavy atom. The van der Waals surface area contributed by atoms with Crippen LogP contribution in [0.4, 0.5) is 0 Å². The van der Waals surface area contributed by atoms with Crippen LogP contribution in [-0.4, -0.2) is 12.7 Å². The first-order valence-electron chi connectivity index (χ1n) is 4.81. The Labute approximate surface area is 77.5 Å². The third kappa shape index (κ3) is 3.57. The van der Waals surface area contributed by atoms with Gasteiger partial charge in [0.25, 0.3) is 0 Å². The molecule has 0 unspecified atom stereocenters. The second-order valence-corrected chi connectivity index (χ2v) is 5.57. The maximum Gasteiger partial charge on any atom is 0.0671 e. The number of hydrogen-bond donors (Lipinski definition) is 0. The van der Waals surface area contributed by atoms with Crippen LogP contribution in [0.2, 0.25) is 0 Å². The molecule has 74 valence electrons. The topological polar surface area (TPSA) is 9.23 Å². The Morgan fingerprint density at radius 2 is 1.25 bits per heavy atom. The second kappa shape index (κ2) is 3.78. The zero-order chi connectivity index (χ0) is 9.99. The number of rotatable bonds is 2. The smallest absolute Gasteiger partial charge is 0.0671 e. The van der Waals surface area contributed by atoms with Crippen molar-refractivity contribution in [3.63, 3.8) is 0 Å². The zero-order valence-corrected chi connectivity index (χ0v) is 9.69. The Balaban J connectivity index is 4.45. The lowest BCUT2D eigenvalue weighted by molar-refractivity contribution is -0.0770. The summed E-state index contributed by atoms with van der Waals surface area (Å²) in [7, 11) is 0. The number of hydrogen-bond acceptors (Lipinski definition) is 1. The lowest BCUT2D eigenvalue weighted by atomic mass is 9.74. The van der Waals surface area contributed by atoms with Crippen molar-refractivity contribution in [1.82, 2.24) is 0 Å². The van der Waals surface area contributed by atoms with Gasteiger partial charge in [-0.05, 0) is 17.8 Å². The first-order chi connectivity index (χ1) is 5.19. The summed E-state index contributed by atoms with van der Waals surface area (Å²) < 4.78 is 5.77. The van der Waals surface area contributed by atoms with Gasteiger partial charge in [0.05, 0.1) is 6.10 Å². The van der Waals surface area contributed by atoms with Gasteiger partial charge in [-0.2, -0.15) is 0 Å². The lowest BCUT2D eigenvalue weighted by Gasteiger charge is -2.40. The predicted octanol–water partition coefficient (Wildman–Crippen LogP) is 3.48. The third-order valence-electron chi connectivity index (χ3n) is 1.91. The van der Waals surface area contributed by atoms with Crippen LogP contribution in [0.5, 0.6) is 0 Å². The molecular formula is C11H24O. The SMILES string of the molecule is CCOC(C(C)(C)C)C(C)(C)C. The van der Waals surface area contributed by atoms with E-state index in [-0.39, 0.29) is 10.8 Å². The van der Waals surface area contributed by atoms with Crippen LogP contribution in [0.25, 0.3) is 0 Å². The molecule has 0 aromatic carbocycles. The van der Waals surface area contributed by atoms with Crippen LogP contribution in [0.15, 0.2) is 0 Å². The quantitative estimate of drug-likeness (QED) is 0.619. The van der Waals surface area contributed by atoms with E-state index in [1.54, 1.807) is 0 Å². The van der Waals surface area contributed by atoms with E-state index in [1.165, 1.54) is 0 Å². The molecule has 0 aliphatic carbocycles. The van der Waals surface area contributed by atoms with Crippen molar-refractivity contribution in [2.24, 2.45) is 10.8 Å². The van der Waals surface area contributed by atoms with Gasteiger partial charge in [-0.15, -0.1) is 0 Å². The van der Waals surface area contributed by atoms with E-state index in [1.807, 2.05) is 0 Å². The maximum atomic E-state index is 5.77. The summed E-state index contributed by atoms with van der Waals surface area (Å²) in [5, 5.41) is 0. The maximum absolute atomic E-state index is 5.77. The van der Waals surface area contributed by atoms with Gasteiger partial charge >= 0.3 is 0 Å². The van der Waals surface area contributed by atoms with Crippen molar-refractivity contribution in [3.8, 4) is 0 Å². The van der Waals surface area contributed by atoms with Crippen LogP contribution >= 0.6 is 0 Å². The van der Waals surface area contributed by atoms with E-state index < -0.39 is 0 Å². The summed E-state index contributed by atoms with van der Waals surface area (Å²) in [5.74, 6) is 0. The molecule has 0 rings (SSSR count). The fraction of sp³-hybridized carbons (Fsp3) is 1.00. The molecule has 0 heterocycles. The molecule has 0 saturated heterocycles. The van der Waals surface area contributed by atoms with Crippen molar-refractivity contribution >= 4 is 0 Å². The van der Waals surface area contributed by atoms with E-state index >= 15 is 0 Å². The molecule has 0 aromatic heterocycles. The van der Waals surface area contributed by atoms with Gasteiger partial charge in [0.2, 0.25) is 0 Å². The van der Waals surface area contributed by atoms with Crippen LogP contribution in [0.3, 0.4) is 0 Å². The molecule has 0 saturated carbocycles. The first kappa shape index (κ1) is 12.0. The van der Waals surface area contributed by atoms with Crippen molar-refractivity contribution in [2.45, 2.75) is 54.6 Å². The molecule has 12 heavy (non-hydrogen) atoms. The summed E-state index contributed by atoms with van der Waals surface area (Å²) >= 11 is 0. The second-order valence-electron chi connectivity index (χ2n) is 5.57. The minimum Gasteiger partial charge on any atom is -0.377 e. The minimum atomic E-state index is 0.230. The van der Waals surface area contributed by atoms with Gasteiger partial charge < -0.3 is 4.74 Å². The van der Waals surface area contributed by atoms with Gasteiger partial charge in [0.15, 0.2) is 0 Å². The molecule has 1 heteroatoms. The normalized spacial score (nSPS) is 14.0. The highest BCUT2D eigenvalue weighted by molar-refractivity contribution is 4.84. The van der Waals surface area contributed by atoms with Crippen LogP contribution in [0, 0.1) is 10.8 Å². The minimum absolute atomic E-state index is 0.230. The summed E-state index contributed by atoms with van der Waals surface area (Å²) in [4.78, 5) is 0. The molecular weight excluding hydrogens is 148 g/mol. The summed E-state index contributed by atoms with van der Waals surface area (Å²) in [6.07, 6.45) is 0.329. The fourth-order valence-corrected chi connectivity index (χ4v) is 1.97.